The molecule has 1 aromatic heterocycles. The number of aromatic nitrogens is 2. The normalized spacial score (nSPS) is 16.5. The van der Waals surface area contributed by atoms with Crippen molar-refractivity contribution in [2.24, 2.45) is 0 Å². The van der Waals surface area contributed by atoms with Crippen LogP contribution in [0.2, 0.25) is 0 Å². The van der Waals surface area contributed by atoms with E-state index in [-0.39, 0.29) is 24.2 Å². The maximum absolute atomic E-state index is 13.5. The van der Waals surface area contributed by atoms with Gasteiger partial charge in [-0.3, -0.25) is 24.5 Å². The van der Waals surface area contributed by atoms with E-state index in [0.717, 1.165) is 23.1 Å². The Balaban J connectivity index is 2.03. The van der Waals surface area contributed by atoms with Gasteiger partial charge in [-0.25, -0.2) is 8.78 Å². The van der Waals surface area contributed by atoms with Crippen molar-refractivity contribution < 1.29 is 36.3 Å². The van der Waals surface area contributed by atoms with E-state index in [4.69, 9.17) is 11.6 Å². The lowest BCUT2D eigenvalue weighted by atomic mass is 9.92. The molecule has 0 spiro atoms. The van der Waals surface area contributed by atoms with Gasteiger partial charge >= 0.3 is 6.36 Å². The molecule has 1 fully saturated rings. The topological polar surface area (TPSA) is 108 Å². The smallest absolute Gasteiger partial charge is 0.406 e. The van der Waals surface area contributed by atoms with E-state index in [1.807, 2.05) is 0 Å². The summed E-state index contributed by atoms with van der Waals surface area (Å²) >= 11 is 5.77. The van der Waals surface area contributed by atoms with Gasteiger partial charge in [-0.1, -0.05) is 0 Å². The molecule has 1 aliphatic carbocycles. The highest BCUT2D eigenvalue weighted by atomic mass is 35.5. The fraction of sp³-hybridized carbons (Fsp3) is 0.409. The summed E-state index contributed by atoms with van der Waals surface area (Å²) in [7, 11) is 0. The number of carbonyl (C=O) groups is 2. The van der Waals surface area contributed by atoms with Gasteiger partial charge in [0.05, 0.1) is 23.1 Å². The minimum absolute atomic E-state index is 0.0116. The zero-order valence-electron chi connectivity index (χ0n) is 18.4. The molecule has 2 aromatic rings. The van der Waals surface area contributed by atoms with Crippen molar-refractivity contribution in [3.05, 3.63) is 48.0 Å². The number of anilines is 1. The van der Waals surface area contributed by atoms with Gasteiger partial charge in [0.15, 0.2) is 6.04 Å². The molecule has 2 amide bonds. The Hall–Kier alpha value is -3.53. The van der Waals surface area contributed by atoms with E-state index < -0.39 is 66.2 Å². The second-order valence-corrected chi connectivity index (χ2v) is 8.17. The number of halogens is 6. The van der Waals surface area contributed by atoms with Crippen molar-refractivity contribution in [1.29, 1.82) is 5.26 Å². The molecule has 1 heterocycles. The second-order valence-electron chi connectivity index (χ2n) is 7.91. The molecule has 1 unspecified atom stereocenters. The summed E-state index contributed by atoms with van der Waals surface area (Å²) in [5.41, 5.74) is -0.706. The minimum Gasteiger partial charge on any atom is -0.406 e. The highest BCUT2D eigenvalue weighted by molar-refractivity contribution is 6.30. The largest absolute Gasteiger partial charge is 0.573 e. The van der Waals surface area contributed by atoms with Crippen LogP contribution in [0.3, 0.4) is 0 Å². The van der Waals surface area contributed by atoms with Crippen molar-refractivity contribution in [3.63, 3.8) is 0 Å². The molecule has 0 radical (unpaired) electrons. The summed E-state index contributed by atoms with van der Waals surface area (Å²) in [5.74, 6) is -5.91. The number of rotatable bonds is 7. The molecule has 192 valence electrons. The lowest BCUT2D eigenvalue weighted by Crippen LogP contribution is -2.49. The molecule has 14 heteroatoms. The first-order valence-electron chi connectivity index (χ1n) is 10.6. The maximum atomic E-state index is 13.5. The third kappa shape index (κ3) is 6.78. The van der Waals surface area contributed by atoms with Crippen molar-refractivity contribution in [2.75, 3.05) is 10.8 Å². The number of carbonyl (C=O) groups excluding carboxylic acids is 2. The van der Waals surface area contributed by atoms with Gasteiger partial charge in [-0.15, -0.1) is 24.8 Å². The van der Waals surface area contributed by atoms with Crippen LogP contribution in [0.25, 0.3) is 0 Å². The molecule has 1 aliphatic rings. The van der Waals surface area contributed by atoms with Crippen LogP contribution in [-0.2, 0) is 9.59 Å². The van der Waals surface area contributed by atoms with E-state index in [1.165, 1.54) is 18.6 Å². The first-order valence-corrected chi connectivity index (χ1v) is 11.1. The summed E-state index contributed by atoms with van der Waals surface area (Å²) in [6.07, 6.45) is -2.19. The minimum atomic E-state index is -5.03. The van der Waals surface area contributed by atoms with E-state index >= 15 is 0 Å². The van der Waals surface area contributed by atoms with Crippen LogP contribution in [0.4, 0.5) is 27.6 Å². The Morgan fingerprint density at radius 1 is 1.28 bits per heavy atom. The zero-order chi connectivity index (χ0) is 26.5. The molecule has 1 N–H and O–H groups in total. The number of ether oxygens (including phenoxy) is 1. The fourth-order valence-corrected chi connectivity index (χ4v) is 3.92. The van der Waals surface area contributed by atoms with Crippen LogP contribution in [0.1, 0.15) is 43.0 Å². The molecular formula is C22H19ClF5N5O3. The average molecular weight is 532 g/mol. The van der Waals surface area contributed by atoms with Gasteiger partial charge in [-0.05, 0) is 25.0 Å². The van der Waals surface area contributed by atoms with Crippen LogP contribution in [-0.4, -0.2) is 46.0 Å². The summed E-state index contributed by atoms with van der Waals surface area (Å²) in [4.78, 5) is 35.1. The fourth-order valence-electron chi connectivity index (χ4n) is 3.79. The summed E-state index contributed by atoms with van der Waals surface area (Å²) in [5, 5.41) is 12.2. The molecule has 0 saturated heterocycles. The third-order valence-electron chi connectivity index (χ3n) is 5.40. The lowest BCUT2D eigenvalue weighted by molar-refractivity contribution is -0.274. The van der Waals surface area contributed by atoms with Crippen LogP contribution in [0.5, 0.6) is 5.75 Å². The number of nitrogens with zero attached hydrogens (tertiary/aromatic N) is 4. The first-order chi connectivity index (χ1) is 16.9. The van der Waals surface area contributed by atoms with Crippen LogP contribution < -0.4 is 15.0 Å². The maximum Gasteiger partial charge on any atom is 0.573 e. The molecule has 36 heavy (non-hydrogen) atoms. The van der Waals surface area contributed by atoms with Crippen LogP contribution >= 0.6 is 11.6 Å². The Morgan fingerprint density at radius 2 is 1.97 bits per heavy atom. The SMILES string of the molecule is N#Cc1cc(OC(F)(F)F)ccc1N(C(=O)CCl)C(C(=O)NC1CCC(F)(F)CC1)c1cnccn1. The van der Waals surface area contributed by atoms with E-state index in [0.29, 0.717) is 0 Å². The van der Waals surface area contributed by atoms with Crippen LogP contribution in [0.15, 0.2) is 36.8 Å². The average Bonchev–Trinajstić information content (AvgIpc) is 2.83. The van der Waals surface area contributed by atoms with Crippen LogP contribution in [0, 0.1) is 11.3 Å². The molecule has 3 rings (SSSR count). The monoisotopic (exact) mass is 531 g/mol. The highest BCUT2D eigenvalue weighted by Crippen LogP contribution is 2.36. The third-order valence-corrected chi connectivity index (χ3v) is 5.63. The molecule has 0 bridgehead atoms. The van der Waals surface area contributed by atoms with Gasteiger partial charge < -0.3 is 10.1 Å². The number of nitriles is 1. The van der Waals surface area contributed by atoms with Gasteiger partial charge in [0.2, 0.25) is 17.7 Å². The number of benzene rings is 1. The number of hydrogen-bond donors (Lipinski definition) is 1. The highest BCUT2D eigenvalue weighted by Gasteiger charge is 2.39. The molecule has 0 aliphatic heterocycles. The number of alkyl halides is 6. The molecule has 8 nitrogen and oxygen atoms in total. The lowest BCUT2D eigenvalue weighted by Gasteiger charge is -2.34. The Labute approximate surface area is 207 Å². The number of hydrogen-bond acceptors (Lipinski definition) is 6. The predicted molar refractivity (Wildman–Crippen MR) is 116 cm³/mol. The Bertz CT molecular complexity index is 1130. The molecular weight excluding hydrogens is 513 g/mol. The zero-order valence-corrected chi connectivity index (χ0v) is 19.2. The van der Waals surface area contributed by atoms with Gasteiger partial charge in [-0.2, -0.15) is 5.26 Å². The van der Waals surface area contributed by atoms with E-state index in [1.54, 1.807) is 6.07 Å². The second kappa shape index (κ2) is 11.0. The Morgan fingerprint density at radius 3 is 2.53 bits per heavy atom. The summed E-state index contributed by atoms with van der Waals surface area (Å²) in [6.45, 7) is 0. The predicted octanol–water partition coefficient (Wildman–Crippen LogP) is 4.25. The van der Waals surface area contributed by atoms with Crippen molar-refractivity contribution in [2.45, 2.75) is 50.1 Å². The van der Waals surface area contributed by atoms with E-state index in [9.17, 15) is 36.8 Å². The van der Waals surface area contributed by atoms with Gasteiger partial charge in [0.1, 0.15) is 17.7 Å². The first kappa shape index (κ1) is 27.1. The van der Waals surface area contributed by atoms with Crippen molar-refractivity contribution in [1.82, 2.24) is 15.3 Å². The van der Waals surface area contributed by atoms with Crippen molar-refractivity contribution in [3.8, 4) is 11.8 Å². The summed E-state index contributed by atoms with van der Waals surface area (Å²) < 4.78 is 68.9. The molecule has 1 aromatic carbocycles. The van der Waals surface area contributed by atoms with E-state index in [2.05, 4.69) is 20.0 Å². The summed E-state index contributed by atoms with van der Waals surface area (Å²) in [6, 6.07) is 2.12. The molecule has 1 saturated carbocycles. The number of amides is 2. The number of nitrogens with one attached hydrogen (secondary N) is 1. The quantitative estimate of drug-likeness (QED) is 0.423. The van der Waals surface area contributed by atoms with Gasteiger partial charge in [0, 0.05) is 37.3 Å². The Kier molecular flexibility index (Phi) is 8.29. The van der Waals surface area contributed by atoms with Gasteiger partial charge in [0.25, 0.3) is 0 Å². The molecule has 1 atom stereocenters. The van der Waals surface area contributed by atoms with Crippen molar-refractivity contribution >= 4 is 29.1 Å². The standard InChI is InChI=1S/C22H19ClF5N5O3/c23-10-18(34)33(17-2-1-15(9-13(17)11-29)36-22(26,27)28)19(16-12-30-7-8-31-16)20(35)32-14-3-5-21(24,25)6-4-14/h1-2,7-9,12,14,19H,3-6,10H2,(H,32,35).